The van der Waals surface area contributed by atoms with Crippen LogP contribution in [0.2, 0.25) is 0 Å². The quantitative estimate of drug-likeness (QED) is 0.706. The first kappa shape index (κ1) is 11.1. The average molecular weight is 188 g/mol. The van der Waals surface area contributed by atoms with Crippen LogP contribution in [0.4, 0.5) is 8.78 Å². The van der Waals surface area contributed by atoms with Gasteiger partial charge in [0.15, 0.2) is 0 Å². The lowest BCUT2D eigenvalue weighted by atomic mass is 10.2. The van der Waals surface area contributed by atoms with Gasteiger partial charge < -0.3 is 10.1 Å². The van der Waals surface area contributed by atoms with Crippen molar-refractivity contribution >= 4 is 12.4 Å². The van der Waals surface area contributed by atoms with Crippen LogP contribution in [0.3, 0.4) is 0 Å². The van der Waals surface area contributed by atoms with Crippen molar-refractivity contribution in [1.29, 1.82) is 0 Å². The monoisotopic (exact) mass is 187 g/mol. The largest absolute Gasteiger partial charge is 0.370 e. The lowest BCUT2D eigenvalue weighted by Crippen LogP contribution is -2.41. The summed E-state index contributed by atoms with van der Waals surface area (Å²) in [6, 6.07) is -0.780. The van der Waals surface area contributed by atoms with Crippen LogP contribution in [0.5, 0.6) is 0 Å². The van der Waals surface area contributed by atoms with Gasteiger partial charge in [0.2, 0.25) is 0 Å². The molecule has 1 aliphatic rings. The molecule has 0 spiro atoms. The zero-order valence-corrected chi connectivity index (χ0v) is 7.09. The maximum atomic E-state index is 12.6. The molecule has 1 aliphatic heterocycles. The van der Waals surface area contributed by atoms with Crippen molar-refractivity contribution in [2.75, 3.05) is 13.7 Å². The smallest absolute Gasteiger partial charge is 0.323 e. The molecule has 0 radical (unpaired) electrons. The molecule has 1 unspecified atom stereocenters. The van der Waals surface area contributed by atoms with Crippen molar-refractivity contribution in [1.82, 2.24) is 5.32 Å². The molecule has 0 aromatic rings. The zero-order chi connectivity index (χ0) is 7.61. The Labute approximate surface area is 70.7 Å². The second-order valence-corrected chi connectivity index (χ2v) is 2.41. The molecule has 2 nitrogen and oxygen atoms in total. The summed E-state index contributed by atoms with van der Waals surface area (Å²) < 4.78 is 29.2. The molecule has 68 valence electrons. The standard InChI is InChI=1S/C6H11F2NO.ClH/c1-10-6(7,8)5-3-2-4-9-5;/h5,9H,2-4H2,1H3;1H. The van der Waals surface area contributed by atoms with E-state index in [1.165, 1.54) is 0 Å². The summed E-state index contributed by atoms with van der Waals surface area (Å²) in [7, 11) is 1.03. The Morgan fingerprint density at radius 2 is 2.18 bits per heavy atom. The molecule has 0 saturated carbocycles. The molecule has 0 aromatic heterocycles. The van der Waals surface area contributed by atoms with Crippen molar-refractivity contribution in [3.8, 4) is 0 Å². The number of nitrogens with one attached hydrogen (secondary N) is 1. The highest BCUT2D eigenvalue weighted by Crippen LogP contribution is 2.25. The maximum absolute atomic E-state index is 12.6. The fourth-order valence-corrected chi connectivity index (χ4v) is 1.11. The molecule has 0 amide bonds. The highest BCUT2D eigenvalue weighted by Gasteiger charge is 2.40. The fraction of sp³-hybridized carbons (Fsp3) is 1.00. The summed E-state index contributed by atoms with van der Waals surface area (Å²) in [5, 5.41) is 2.67. The Kier molecular flexibility index (Phi) is 4.21. The lowest BCUT2D eigenvalue weighted by molar-refractivity contribution is -0.238. The average Bonchev–Trinajstić information content (AvgIpc) is 2.38. The molecule has 0 bridgehead atoms. The summed E-state index contributed by atoms with van der Waals surface area (Å²) in [5.74, 6) is 0. The van der Waals surface area contributed by atoms with Gasteiger partial charge in [0.25, 0.3) is 0 Å². The fourth-order valence-electron chi connectivity index (χ4n) is 1.11. The highest BCUT2D eigenvalue weighted by atomic mass is 35.5. The molecule has 1 fully saturated rings. The molecular weight excluding hydrogens is 176 g/mol. The van der Waals surface area contributed by atoms with E-state index in [0.29, 0.717) is 13.0 Å². The number of ether oxygens (including phenoxy) is 1. The Morgan fingerprint density at radius 1 is 1.55 bits per heavy atom. The molecule has 1 heterocycles. The topological polar surface area (TPSA) is 21.3 Å². The molecule has 1 N–H and O–H groups in total. The second kappa shape index (κ2) is 4.18. The van der Waals surface area contributed by atoms with E-state index in [1.54, 1.807) is 0 Å². The molecule has 1 saturated heterocycles. The Bertz CT molecular complexity index is 117. The van der Waals surface area contributed by atoms with Crippen molar-refractivity contribution < 1.29 is 13.5 Å². The van der Waals surface area contributed by atoms with E-state index in [9.17, 15) is 8.78 Å². The predicted octanol–water partition coefficient (Wildman–Crippen LogP) is 1.40. The van der Waals surface area contributed by atoms with E-state index in [-0.39, 0.29) is 12.4 Å². The van der Waals surface area contributed by atoms with Gasteiger partial charge in [-0.2, -0.15) is 8.78 Å². The minimum absolute atomic E-state index is 0. The van der Waals surface area contributed by atoms with Crippen LogP contribution < -0.4 is 5.32 Å². The normalized spacial score (nSPS) is 24.8. The summed E-state index contributed by atoms with van der Waals surface area (Å²) in [5.41, 5.74) is 0. The van der Waals surface area contributed by atoms with Gasteiger partial charge in [-0.15, -0.1) is 12.4 Å². The van der Waals surface area contributed by atoms with E-state index in [2.05, 4.69) is 10.1 Å². The minimum atomic E-state index is -2.99. The second-order valence-electron chi connectivity index (χ2n) is 2.41. The summed E-state index contributed by atoms with van der Waals surface area (Å²) in [6.45, 7) is 0.670. The van der Waals surface area contributed by atoms with Gasteiger partial charge in [0.1, 0.15) is 0 Å². The Balaban J connectivity index is 0.000001000. The van der Waals surface area contributed by atoms with E-state index in [0.717, 1.165) is 13.5 Å². The summed E-state index contributed by atoms with van der Waals surface area (Å²) in [4.78, 5) is 0. The van der Waals surface area contributed by atoms with Gasteiger partial charge in [-0.1, -0.05) is 0 Å². The van der Waals surface area contributed by atoms with Crippen molar-refractivity contribution in [3.05, 3.63) is 0 Å². The van der Waals surface area contributed by atoms with Crippen LogP contribution in [0, 0.1) is 0 Å². The number of hydrogen-bond acceptors (Lipinski definition) is 2. The van der Waals surface area contributed by atoms with Gasteiger partial charge in [-0.3, -0.25) is 0 Å². The molecule has 0 aliphatic carbocycles. The van der Waals surface area contributed by atoms with Gasteiger partial charge in [0, 0.05) is 7.11 Å². The van der Waals surface area contributed by atoms with Crippen LogP contribution in [-0.2, 0) is 4.74 Å². The zero-order valence-electron chi connectivity index (χ0n) is 6.27. The van der Waals surface area contributed by atoms with Crippen molar-refractivity contribution in [2.24, 2.45) is 0 Å². The van der Waals surface area contributed by atoms with Gasteiger partial charge >= 0.3 is 6.11 Å². The minimum Gasteiger partial charge on any atom is -0.323 e. The molecule has 1 atom stereocenters. The number of halogens is 3. The van der Waals surface area contributed by atoms with Gasteiger partial charge in [-0.05, 0) is 19.4 Å². The SMILES string of the molecule is COC(F)(F)C1CCCN1.Cl. The third-order valence-electron chi connectivity index (χ3n) is 1.74. The number of alkyl halides is 2. The van der Waals surface area contributed by atoms with E-state index in [1.807, 2.05) is 0 Å². The molecule has 11 heavy (non-hydrogen) atoms. The summed E-state index contributed by atoms with van der Waals surface area (Å²) >= 11 is 0. The van der Waals surface area contributed by atoms with Crippen molar-refractivity contribution in [2.45, 2.75) is 25.0 Å². The molecule has 0 aromatic carbocycles. The van der Waals surface area contributed by atoms with E-state index in [4.69, 9.17) is 0 Å². The lowest BCUT2D eigenvalue weighted by Gasteiger charge is -2.20. The van der Waals surface area contributed by atoms with Crippen LogP contribution >= 0.6 is 12.4 Å². The predicted molar refractivity (Wildman–Crippen MR) is 40.2 cm³/mol. The molecule has 5 heteroatoms. The first-order chi connectivity index (χ1) is 4.67. The Morgan fingerprint density at radius 3 is 2.55 bits per heavy atom. The van der Waals surface area contributed by atoms with Gasteiger partial charge in [-0.25, -0.2) is 0 Å². The third-order valence-corrected chi connectivity index (χ3v) is 1.74. The summed E-state index contributed by atoms with van der Waals surface area (Å²) in [6.07, 6.45) is -1.68. The van der Waals surface area contributed by atoms with Crippen LogP contribution in [0.25, 0.3) is 0 Å². The molecular formula is C6H12ClF2NO. The molecule has 1 rings (SSSR count). The Hall–Kier alpha value is 0.0700. The van der Waals surface area contributed by atoms with E-state index < -0.39 is 12.2 Å². The van der Waals surface area contributed by atoms with Crippen LogP contribution in [0.1, 0.15) is 12.8 Å². The first-order valence-corrected chi connectivity index (χ1v) is 3.33. The number of hydrogen-bond donors (Lipinski definition) is 1. The van der Waals surface area contributed by atoms with Crippen LogP contribution in [0.15, 0.2) is 0 Å². The third kappa shape index (κ3) is 2.54. The van der Waals surface area contributed by atoms with E-state index >= 15 is 0 Å². The highest BCUT2D eigenvalue weighted by molar-refractivity contribution is 5.85. The first-order valence-electron chi connectivity index (χ1n) is 3.33. The number of methoxy groups -OCH3 is 1. The van der Waals surface area contributed by atoms with Crippen molar-refractivity contribution in [3.63, 3.8) is 0 Å². The maximum Gasteiger partial charge on any atom is 0.370 e. The van der Waals surface area contributed by atoms with Crippen LogP contribution in [-0.4, -0.2) is 25.8 Å². The van der Waals surface area contributed by atoms with Gasteiger partial charge in [0.05, 0.1) is 6.04 Å². The number of rotatable bonds is 2.